The molecule has 1 amide bonds. The summed E-state index contributed by atoms with van der Waals surface area (Å²) in [7, 11) is 0. The summed E-state index contributed by atoms with van der Waals surface area (Å²) in [5, 5.41) is 2.86. The van der Waals surface area contributed by atoms with Crippen molar-refractivity contribution in [3.8, 4) is 11.5 Å². The number of hydrogen-bond donors (Lipinski definition) is 1. The van der Waals surface area contributed by atoms with Gasteiger partial charge in [0.1, 0.15) is 13.2 Å². The third kappa shape index (κ3) is 3.12. The Balaban J connectivity index is 2.04. The molecule has 92 valence electrons. The fourth-order valence-electron chi connectivity index (χ4n) is 1.76. The van der Waals surface area contributed by atoms with E-state index in [2.05, 4.69) is 5.32 Å². The number of rotatable bonds is 3. The summed E-state index contributed by atoms with van der Waals surface area (Å²) in [6.07, 6.45) is 0.370. The molecule has 0 radical (unpaired) electrons. The predicted molar refractivity (Wildman–Crippen MR) is 64.4 cm³/mol. The van der Waals surface area contributed by atoms with Gasteiger partial charge in [-0.05, 0) is 31.5 Å². The van der Waals surface area contributed by atoms with Crippen LogP contribution in [0, 0.1) is 0 Å². The lowest BCUT2D eigenvalue weighted by Crippen LogP contribution is -2.31. The SMILES string of the molecule is CC(C)NC(=O)Cc1ccc2c(c1)OCCO2. The van der Waals surface area contributed by atoms with Crippen LogP contribution in [-0.4, -0.2) is 25.2 Å². The van der Waals surface area contributed by atoms with E-state index >= 15 is 0 Å². The highest BCUT2D eigenvalue weighted by Gasteiger charge is 2.13. The average Bonchev–Trinajstić information content (AvgIpc) is 2.27. The summed E-state index contributed by atoms with van der Waals surface area (Å²) >= 11 is 0. The fourth-order valence-corrected chi connectivity index (χ4v) is 1.76. The second-order valence-electron chi connectivity index (χ2n) is 4.38. The number of benzene rings is 1. The molecule has 0 fully saturated rings. The minimum atomic E-state index is 0.0247. The first kappa shape index (κ1) is 11.8. The van der Waals surface area contributed by atoms with Crippen LogP contribution in [0.4, 0.5) is 0 Å². The van der Waals surface area contributed by atoms with Gasteiger partial charge in [-0.1, -0.05) is 6.07 Å². The minimum Gasteiger partial charge on any atom is -0.486 e. The van der Waals surface area contributed by atoms with Crippen LogP contribution in [0.1, 0.15) is 19.4 Å². The Morgan fingerprint density at radius 1 is 1.29 bits per heavy atom. The standard InChI is InChI=1S/C13H17NO3/c1-9(2)14-13(15)8-10-3-4-11-12(7-10)17-6-5-16-11/h3-4,7,9H,5-6,8H2,1-2H3,(H,14,15). The van der Waals surface area contributed by atoms with E-state index in [0.29, 0.717) is 19.6 Å². The first-order valence-electron chi connectivity index (χ1n) is 5.83. The summed E-state index contributed by atoms with van der Waals surface area (Å²) in [6, 6.07) is 5.79. The zero-order valence-electron chi connectivity index (χ0n) is 10.2. The molecule has 0 saturated heterocycles. The molecule has 0 saturated carbocycles. The molecule has 0 atom stereocenters. The van der Waals surface area contributed by atoms with Gasteiger partial charge in [-0.15, -0.1) is 0 Å². The van der Waals surface area contributed by atoms with E-state index in [1.54, 1.807) is 0 Å². The van der Waals surface area contributed by atoms with Crippen molar-refractivity contribution >= 4 is 5.91 Å². The molecule has 0 spiro atoms. The number of hydrogen-bond acceptors (Lipinski definition) is 3. The molecule has 0 aliphatic carbocycles. The molecule has 1 aromatic rings. The number of carbonyl (C=O) groups is 1. The van der Waals surface area contributed by atoms with Crippen LogP contribution in [0.25, 0.3) is 0 Å². The Morgan fingerprint density at radius 3 is 2.71 bits per heavy atom. The molecular weight excluding hydrogens is 218 g/mol. The number of carbonyl (C=O) groups excluding carboxylic acids is 1. The summed E-state index contributed by atoms with van der Waals surface area (Å²) in [6.45, 7) is 5.04. The molecular formula is C13H17NO3. The van der Waals surface area contributed by atoms with Gasteiger partial charge in [0, 0.05) is 6.04 Å². The average molecular weight is 235 g/mol. The number of nitrogens with one attached hydrogen (secondary N) is 1. The van der Waals surface area contributed by atoms with E-state index in [-0.39, 0.29) is 11.9 Å². The third-order valence-corrected chi connectivity index (χ3v) is 2.42. The van der Waals surface area contributed by atoms with Crippen molar-refractivity contribution in [3.05, 3.63) is 23.8 Å². The van der Waals surface area contributed by atoms with Crippen LogP contribution in [-0.2, 0) is 11.2 Å². The zero-order valence-corrected chi connectivity index (χ0v) is 10.2. The van der Waals surface area contributed by atoms with Crippen molar-refractivity contribution in [1.82, 2.24) is 5.32 Å². The molecule has 4 nitrogen and oxygen atoms in total. The predicted octanol–water partition coefficient (Wildman–Crippen LogP) is 1.52. The van der Waals surface area contributed by atoms with Gasteiger partial charge in [0.2, 0.25) is 5.91 Å². The molecule has 4 heteroatoms. The zero-order chi connectivity index (χ0) is 12.3. The van der Waals surface area contributed by atoms with E-state index in [1.165, 1.54) is 0 Å². The van der Waals surface area contributed by atoms with Crippen molar-refractivity contribution in [3.63, 3.8) is 0 Å². The quantitative estimate of drug-likeness (QED) is 0.864. The van der Waals surface area contributed by atoms with Gasteiger partial charge in [-0.3, -0.25) is 4.79 Å². The van der Waals surface area contributed by atoms with Gasteiger partial charge in [-0.25, -0.2) is 0 Å². The first-order valence-corrected chi connectivity index (χ1v) is 5.83. The van der Waals surface area contributed by atoms with Gasteiger partial charge >= 0.3 is 0 Å². The second kappa shape index (κ2) is 5.08. The molecule has 1 heterocycles. The smallest absolute Gasteiger partial charge is 0.224 e. The van der Waals surface area contributed by atoms with Crippen LogP contribution in [0.3, 0.4) is 0 Å². The highest BCUT2D eigenvalue weighted by molar-refractivity contribution is 5.79. The number of amides is 1. The molecule has 1 aliphatic rings. The normalized spacial score (nSPS) is 13.6. The van der Waals surface area contributed by atoms with Gasteiger partial charge in [0.05, 0.1) is 6.42 Å². The highest BCUT2D eigenvalue weighted by Crippen LogP contribution is 2.30. The van der Waals surface area contributed by atoms with Crippen molar-refractivity contribution in [2.45, 2.75) is 26.3 Å². The molecule has 1 N–H and O–H groups in total. The van der Waals surface area contributed by atoms with Gasteiger partial charge < -0.3 is 14.8 Å². The van der Waals surface area contributed by atoms with Crippen LogP contribution in [0.5, 0.6) is 11.5 Å². The third-order valence-electron chi connectivity index (χ3n) is 2.42. The lowest BCUT2D eigenvalue weighted by Gasteiger charge is -2.18. The highest BCUT2D eigenvalue weighted by atomic mass is 16.6. The maximum absolute atomic E-state index is 11.6. The summed E-state index contributed by atoms with van der Waals surface area (Å²) < 4.78 is 10.9. The minimum absolute atomic E-state index is 0.0247. The monoisotopic (exact) mass is 235 g/mol. The fraction of sp³-hybridized carbons (Fsp3) is 0.462. The molecule has 0 aromatic heterocycles. The van der Waals surface area contributed by atoms with Gasteiger partial charge in [-0.2, -0.15) is 0 Å². The van der Waals surface area contributed by atoms with Crippen LogP contribution < -0.4 is 14.8 Å². The largest absolute Gasteiger partial charge is 0.486 e. The van der Waals surface area contributed by atoms with Crippen LogP contribution in [0.2, 0.25) is 0 Å². The van der Waals surface area contributed by atoms with Crippen molar-refractivity contribution in [2.75, 3.05) is 13.2 Å². The van der Waals surface area contributed by atoms with Crippen molar-refractivity contribution in [2.24, 2.45) is 0 Å². The summed E-state index contributed by atoms with van der Waals surface area (Å²) in [5.74, 6) is 1.51. The Labute approximate surface area is 101 Å². The van der Waals surface area contributed by atoms with Gasteiger partial charge in [0.25, 0.3) is 0 Å². The van der Waals surface area contributed by atoms with Crippen LogP contribution >= 0.6 is 0 Å². The number of ether oxygens (including phenoxy) is 2. The lowest BCUT2D eigenvalue weighted by atomic mass is 10.1. The molecule has 2 rings (SSSR count). The maximum Gasteiger partial charge on any atom is 0.224 e. The van der Waals surface area contributed by atoms with E-state index in [9.17, 15) is 4.79 Å². The van der Waals surface area contributed by atoms with Gasteiger partial charge in [0.15, 0.2) is 11.5 Å². The topological polar surface area (TPSA) is 47.6 Å². The molecule has 0 bridgehead atoms. The molecule has 1 aromatic carbocycles. The maximum atomic E-state index is 11.6. The van der Waals surface area contributed by atoms with Crippen LogP contribution in [0.15, 0.2) is 18.2 Å². The Hall–Kier alpha value is -1.71. The van der Waals surface area contributed by atoms with E-state index < -0.39 is 0 Å². The van der Waals surface area contributed by atoms with E-state index in [4.69, 9.17) is 9.47 Å². The molecule has 0 unspecified atom stereocenters. The second-order valence-corrected chi connectivity index (χ2v) is 4.38. The molecule has 17 heavy (non-hydrogen) atoms. The number of fused-ring (bicyclic) bond motifs is 1. The molecule has 1 aliphatic heterocycles. The Morgan fingerprint density at radius 2 is 2.00 bits per heavy atom. The van der Waals surface area contributed by atoms with Crippen molar-refractivity contribution < 1.29 is 14.3 Å². The van der Waals surface area contributed by atoms with Crippen molar-refractivity contribution in [1.29, 1.82) is 0 Å². The Bertz CT molecular complexity index is 415. The summed E-state index contributed by atoms with van der Waals surface area (Å²) in [5.41, 5.74) is 0.937. The lowest BCUT2D eigenvalue weighted by molar-refractivity contribution is -0.120. The van der Waals surface area contributed by atoms with E-state index in [0.717, 1.165) is 17.1 Å². The summed E-state index contributed by atoms with van der Waals surface area (Å²) in [4.78, 5) is 11.6. The Kier molecular flexibility index (Phi) is 3.52. The first-order chi connectivity index (χ1) is 8.15. The van der Waals surface area contributed by atoms with E-state index in [1.807, 2.05) is 32.0 Å².